The number of nitrogens with one attached hydrogen (secondary N) is 1. The highest BCUT2D eigenvalue weighted by atomic mass is 35.7. The first kappa shape index (κ1) is 25.3. The van der Waals surface area contributed by atoms with Crippen LogP contribution >= 0.6 is 11.3 Å². The van der Waals surface area contributed by atoms with Gasteiger partial charge in [0.2, 0.25) is 0 Å². The number of phenols is 1. The van der Waals surface area contributed by atoms with Crippen LogP contribution in [0.3, 0.4) is 0 Å². The van der Waals surface area contributed by atoms with Crippen molar-refractivity contribution in [3.8, 4) is 17.1 Å². The van der Waals surface area contributed by atoms with Gasteiger partial charge in [0, 0.05) is 18.6 Å². The summed E-state index contributed by atoms with van der Waals surface area (Å²) in [5, 5.41) is 11.9. The van der Waals surface area contributed by atoms with Gasteiger partial charge in [0.15, 0.2) is 10.6 Å². The zero-order valence-corrected chi connectivity index (χ0v) is 19.5. The number of hydrogen-bond acceptors (Lipinski definition) is 10. The number of esters is 1. The first-order valence-electron chi connectivity index (χ1n) is 9.73. The fourth-order valence-electron chi connectivity index (χ4n) is 2.97. The number of hydrogen-bond donors (Lipinski definition) is 2. The third-order valence-electron chi connectivity index (χ3n) is 4.31. The average Bonchev–Trinajstić information content (AvgIpc) is 3.13. The monoisotopic (exact) mass is 506 g/mol. The summed E-state index contributed by atoms with van der Waals surface area (Å²) in [4.78, 5) is 20.3. The lowest BCUT2D eigenvalue weighted by atomic mass is 10.1. The molecule has 0 amide bonds. The van der Waals surface area contributed by atoms with Crippen LogP contribution in [0, 0.1) is 17.2 Å². The second-order valence-electron chi connectivity index (χ2n) is 6.73. The highest BCUT2D eigenvalue weighted by Crippen LogP contribution is 2.24. The first-order chi connectivity index (χ1) is 16.0. The Kier molecular flexibility index (Phi) is 7.99. The van der Waals surface area contributed by atoms with E-state index in [2.05, 4.69) is 9.98 Å². The van der Waals surface area contributed by atoms with Crippen molar-refractivity contribution in [2.75, 3.05) is 6.61 Å². The Bertz CT molecular complexity index is 1360. The molecule has 0 radical (unpaired) electrons. The van der Waals surface area contributed by atoms with Gasteiger partial charge in [-0.2, -0.15) is 0 Å². The van der Waals surface area contributed by atoms with E-state index in [1.165, 1.54) is 11.3 Å². The van der Waals surface area contributed by atoms with Crippen LogP contribution in [0.5, 0.6) is 5.75 Å². The molecule has 12 heteroatoms. The van der Waals surface area contributed by atoms with Gasteiger partial charge in [-0.05, 0) is 41.4 Å². The van der Waals surface area contributed by atoms with Crippen LogP contribution in [0.2, 0.25) is 0 Å². The van der Waals surface area contributed by atoms with Crippen LogP contribution < -0.4 is 29.0 Å². The second kappa shape index (κ2) is 10.7. The lowest BCUT2D eigenvalue weighted by Gasteiger charge is -2.17. The van der Waals surface area contributed by atoms with Crippen molar-refractivity contribution in [3.63, 3.8) is 0 Å². The highest BCUT2D eigenvalue weighted by molar-refractivity contribution is 7.16. The Morgan fingerprint density at radius 2 is 1.82 bits per heavy atom. The summed E-state index contributed by atoms with van der Waals surface area (Å²) >= 11 is 1.23. The van der Waals surface area contributed by atoms with Gasteiger partial charge in [-0.15, -0.1) is 10.2 Å². The molecule has 0 aliphatic heterocycles. The maximum absolute atomic E-state index is 12.1. The molecule has 0 fully saturated rings. The number of carbonyl (C=O) groups is 1. The molecule has 2 aromatic carbocycles. The molecule has 178 valence electrons. The number of fused-ring (bicyclic) bond motifs is 1. The van der Waals surface area contributed by atoms with E-state index in [0.717, 1.165) is 5.56 Å². The standard InChI is InChI=1S/C22H18N2O4S.ClHO4/c1-3-27-21(26)20-13(2)23-22(29-20)24-17-12-19(14-7-5-4-6-8-14)28-18-10-9-15(25)11-16(17)18;2-1(3,4)5/h4-12,25H,3H2,1-2H3;(H,2,3,4,5)/b24-17+;. The Hall–Kier alpha value is -3.32. The third kappa shape index (κ3) is 6.84. The summed E-state index contributed by atoms with van der Waals surface area (Å²) in [6.07, 6.45) is 0. The number of halogens is 1. The van der Waals surface area contributed by atoms with Crippen molar-refractivity contribution in [1.82, 2.24) is 4.98 Å². The van der Waals surface area contributed by atoms with Gasteiger partial charge in [-0.25, -0.2) is 28.4 Å². The van der Waals surface area contributed by atoms with Crippen molar-refractivity contribution in [2.24, 2.45) is 0 Å². The molecule has 10 nitrogen and oxygen atoms in total. The van der Waals surface area contributed by atoms with E-state index in [1.807, 2.05) is 36.4 Å². The summed E-state index contributed by atoms with van der Waals surface area (Å²) < 4.78 is 45.1. The number of rotatable bonds is 4. The topological polar surface area (TPSA) is 179 Å². The number of phenolic OH excluding ortho intramolecular Hbond substituents is 1. The molecular formula is C22H19ClN2O8S. The average molecular weight is 507 g/mol. The molecular weight excluding hydrogens is 488 g/mol. The summed E-state index contributed by atoms with van der Waals surface area (Å²) in [6.45, 7) is 3.85. The number of aryl methyl sites for hydroxylation is 1. The van der Waals surface area contributed by atoms with Crippen molar-refractivity contribution >= 4 is 33.4 Å². The molecule has 0 atom stereocenters. The molecule has 0 saturated heterocycles. The number of nitrogens with zero attached hydrogens (tertiary/aromatic N) is 1. The van der Waals surface area contributed by atoms with Crippen LogP contribution in [0.1, 0.15) is 22.3 Å². The molecule has 0 saturated carbocycles. The van der Waals surface area contributed by atoms with Gasteiger partial charge in [0.05, 0.1) is 12.0 Å². The summed E-state index contributed by atoms with van der Waals surface area (Å²) in [7, 11) is -4.94. The van der Waals surface area contributed by atoms with Crippen molar-refractivity contribution in [2.45, 2.75) is 13.8 Å². The molecule has 0 bridgehead atoms. The number of carbonyl (C=O) groups excluding carboxylic acids is 1. The van der Waals surface area contributed by atoms with E-state index in [1.54, 1.807) is 32.0 Å². The van der Waals surface area contributed by atoms with Gasteiger partial charge < -0.3 is 14.3 Å². The smallest absolute Gasteiger partial charge is 0.381 e. The van der Waals surface area contributed by atoms with E-state index in [4.69, 9.17) is 27.8 Å². The number of aromatic hydroxyl groups is 1. The number of benzene rings is 2. The van der Waals surface area contributed by atoms with E-state index in [9.17, 15) is 9.90 Å². The zero-order chi connectivity index (χ0) is 24.9. The Morgan fingerprint density at radius 1 is 1.15 bits per heavy atom. The highest BCUT2D eigenvalue weighted by Gasteiger charge is 2.22. The second-order valence-corrected chi connectivity index (χ2v) is 8.48. The quantitative estimate of drug-likeness (QED) is 0.305. The van der Waals surface area contributed by atoms with Crippen LogP contribution in [-0.2, 0) is 4.74 Å². The predicted molar refractivity (Wildman–Crippen MR) is 110 cm³/mol. The molecule has 0 spiro atoms. The Labute approximate surface area is 199 Å². The van der Waals surface area contributed by atoms with Crippen LogP contribution in [-0.4, -0.2) is 22.7 Å². The van der Waals surface area contributed by atoms with Crippen LogP contribution in [0.4, 0.5) is 5.13 Å². The van der Waals surface area contributed by atoms with Gasteiger partial charge in [0.25, 0.3) is 0 Å². The summed E-state index contributed by atoms with van der Waals surface area (Å²) in [6, 6.07) is 16.5. The lowest BCUT2D eigenvalue weighted by Crippen LogP contribution is -2.70. The molecule has 0 aliphatic rings. The van der Waals surface area contributed by atoms with Crippen LogP contribution in [0.15, 0.2) is 59.0 Å². The molecule has 2 N–H and O–H groups in total. The van der Waals surface area contributed by atoms with Crippen LogP contribution in [0.25, 0.3) is 22.3 Å². The van der Waals surface area contributed by atoms with Crippen molar-refractivity contribution < 1.29 is 52.9 Å². The molecule has 4 rings (SSSR count). The molecule has 2 heterocycles. The minimum absolute atomic E-state index is 0.130. The maximum atomic E-state index is 12.1. The summed E-state index contributed by atoms with van der Waals surface area (Å²) in [5.41, 5.74) is 2.14. The molecule has 0 aliphatic carbocycles. The fraction of sp³-hybridized carbons (Fsp3) is 0.136. The van der Waals surface area contributed by atoms with E-state index < -0.39 is 10.2 Å². The Balaban J connectivity index is 0.000000588. The number of aromatic nitrogens is 1. The van der Waals surface area contributed by atoms with E-state index in [-0.39, 0.29) is 11.7 Å². The maximum Gasteiger partial charge on any atom is 0.381 e. The van der Waals surface area contributed by atoms with Gasteiger partial charge >= 0.3 is 11.1 Å². The van der Waals surface area contributed by atoms with E-state index in [0.29, 0.717) is 44.4 Å². The predicted octanol–water partition coefficient (Wildman–Crippen LogP) is -1.70. The molecule has 2 aromatic heterocycles. The van der Waals surface area contributed by atoms with E-state index >= 15 is 0 Å². The fourth-order valence-corrected chi connectivity index (χ4v) is 3.85. The van der Waals surface area contributed by atoms with Gasteiger partial charge in [0.1, 0.15) is 22.5 Å². The van der Waals surface area contributed by atoms with Crippen molar-refractivity contribution in [1.29, 1.82) is 0 Å². The minimum Gasteiger partial charge on any atom is -0.508 e. The first-order valence-corrected chi connectivity index (χ1v) is 11.8. The zero-order valence-electron chi connectivity index (χ0n) is 17.9. The number of ether oxygens (including phenoxy) is 1. The normalized spacial score (nSPS) is 11.8. The minimum atomic E-state index is -4.94. The third-order valence-corrected chi connectivity index (χ3v) is 5.36. The Morgan fingerprint density at radius 3 is 2.47 bits per heavy atom. The summed E-state index contributed by atoms with van der Waals surface area (Å²) in [5.74, 6) is 0.419. The molecule has 0 unspecified atom stereocenters. The van der Waals surface area contributed by atoms with Crippen molar-refractivity contribution in [3.05, 3.63) is 70.5 Å². The molecule has 4 aromatic rings. The molecule has 34 heavy (non-hydrogen) atoms. The lowest BCUT2D eigenvalue weighted by molar-refractivity contribution is -2.00. The SMILES string of the molecule is CCOC(=O)c1sc(/[NH+]=c2\cc(-c3ccccc3)oc3ccc(O)cc23)nc1C.[O-][Cl+3]([O-])([O-])[O-]. The number of thiazole rings is 1. The largest absolute Gasteiger partial charge is 0.508 e. The van der Waals surface area contributed by atoms with Gasteiger partial charge in [-0.3, -0.25) is 0 Å². The van der Waals surface area contributed by atoms with Gasteiger partial charge in [-0.1, -0.05) is 30.3 Å².